The van der Waals surface area contributed by atoms with Crippen molar-refractivity contribution in [2.24, 2.45) is 0 Å². The van der Waals surface area contributed by atoms with Crippen LogP contribution in [0.15, 0.2) is 188 Å². The molecule has 0 aliphatic heterocycles. The molecule has 0 aliphatic rings. The molecule has 0 heterocycles. The zero-order chi connectivity index (χ0) is 38.1. The van der Waals surface area contributed by atoms with Crippen molar-refractivity contribution in [1.82, 2.24) is 0 Å². The van der Waals surface area contributed by atoms with Crippen molar-refractivity contribution in [2.45, 2.75) is 0 Å². The van der Waals surface area contributed by atoms with Crippen molar-refractivity contribution in [3.63, 3.8) is 0 Å². The highest BCUT2D eigenvalue weighted by Gasteiger charge is 2.17. The number of nitrogens with zero attached hydrogens (tertiary/aromatic N) is 1. The Labute approximate surface area is 285 Å². The first-order valence-electron chi connectivity index (χ1n) is 19.5. The Morgan fingerprint density at radius 1 is 0.383 bits per heavy atom. The molecule has 0 spiro atoms. The summed E-state index contributed by atoms with van der Waals surface area (Å²) in [7, 11) is 0. The smallest absolute Gasteiger partial charge is 0.0651 e. The van der Waals surface area contributed by atoms with Crippen LogP contribution in [-0.4, -0.2) is 0 Å². The van der Waals surface area contributed by atoms with Crippen molar-refractivity contribution in [3.05, 3.63) is 188 Å². The molecule has 0 atom stereocenters. The SMILES string of the molecule is [2H]c1c([2H])c(-c2cccc3ccccc23)c([2H])c(N(c2c([2H])c([2H])c(-c3ccc4c(ccc5ccccc54)c3)c([2H])c2[2H])c2cccc3ccccc23)c1[2H]. The number of hydrogen-bond donors (Lipinski definition) is 0. The van der Waals surface area contributed by atoms with E-state index in [1.54, 1.807) is 18.2 Å². The quantitative estimate of drug-likeness (QED) is 0.176. The highest BCUT2D eigenvalue weighted by atomic mass is 15.1. The molecule has 47 heavy (non-hydrogen) atoms. The number of fused-ring (bicyclic) bond motifs is 5. The van der Waals surface area contributed by atoms with Gasteiger partial charge in [0.1, 0.15) is 0 Å². The van der Waals surface area contributed by atoms with Crippen LogP contribution in [0, 0.1) is 0 Å². The summed E-state index contributed by atoms with van der Waals surface area (Å²) < 4.78 is 75.1. The summed E-state index contributed by atoms with van der Waals surface area (Å²) in [6.07, 6.45) is 0. The standard InChI is InChI=1S/C46H31N/c1-4-17-41-33(10-1)13-8-20-43(41)37-15-7-16-40(31-37)47(46-21-9-14-34-11-3-6-19-45(34)46)39-27-24-32(25-28-39)36-26-29-44-38(30-36)23-22-35-12-2-5-18-42(35)44/h1-31H/i7D,15D,16D,24D,25D,27D,28D,31D. The number of anilines is 3. The Morgan fingerprint density at radius 2 is 1.00 bits per heavy atom. The van der Waals surface area contributed by atoms with Crippen molar-refractivity contribution < 1.29 is 11.0 Å². The van der Waals surface area contributed by atoms with E-state index in [4.69, 9.17) is 2.74 Å². The van der Waals surface area contributed by atoms with Crippen LogP contribution in [0.25, 0.3) is 65.3 Å². The minimum Gasteiger partial charge on any atom is -0.310 e. The summed E-state index contributed by atoms with van der Waals surface area (Å²) >= 11 is 0. The van der Waals surface area contributed by atoms with Gasteiger partial charge in [-0.25, -0.2) is 0 Å². The molecule has 9 aromatic rings. The largest absolute Gasteiger partial charge is 0.310 e. The van der Waals surface area contributed by atoms with Crippen LogP contribution in [0.4, 0.5) is 17.1 Å². The Hall–Kier alpha value is -6.18. The van der Waals surface area contributed by atoms with Crippen LogP contribution in [0.3, 0.4) is 0 Å². The van der Waals surface area contributed by atoms with Gasteiger partial charge in [-0.2, -0.15) is 0 Å². The molecule has 9 aromatic carbocycles. The van der Waals surface area contributed by atoms with Crippen LogP contribution < -0.4 is 4.90 Å². The first-order valence-corrected chi connectivity index (χ1v) is 15.5. The van der Waals surface area contributed by atoms with Gasteiger partial charge in [0.15, 0.2) is 0 Å². The van der Waals surface area contributed by atoms with E-state index >= 15 is 0 Å². The van der Waals surface area contributed by atoms with E-state index in [0.29, 0.717) is 22.2 Å². The fraction of sp³-hybridized carbons (Fsp3) is 0. The van der Waals surface area contributed by atoms with Crippen LogP contribution in [-0.2, 0) is 0 Å². The predicted molar refractivity (Wildman–Crippen MR) is 202 cm³/mol. The lowest BCUT2D eigenvalue weighted by Crippen LogP contribution is -2.10. The molecular formula is C46H31N. The third kappa shape index (κ3) is 4.81. The topological polar surface area (TPSA) is 3.24 Å². The summed E-state index contributed by atoms with van der Waals surface area (Å²) in [6.45, 7) is 0. The zero-order valence-electron chi connectivity index (χ0n) is 33.2. The van der Waals surface area contributed by atoms with Gasteiger partial charge in [-0.1, -0.05) is 152 Å². The lowest BCUT2D eigenvalue weighted by molar-refractivity contribution is 1.30. The van der Waals surface area contributed by atoms with Gasteiger partial charge in [0, 0.05) is 16.8 Å². The second-order valence-corrected chi connectivity index (χ2v) is 11.5. The summed E-state index contributed by atoms with van der Waals surface area (Å²) in [5.41, 5.74) is 1.45. The Morgan fingerprint density at radius 3 is 1.81 bits per heavy atom. The van der Waals surface area contributed by atoms with Crippen LogP contribution in [0.2, 0.25) is 0 Å². The van der Waals surface area contributed by atoms with E-state index in [1.165, 1.54) is 4.90 Å². The minimum absolute atomic E-state index is 0.119. The monoisotopic (exact) mass is 605 g/mol. The second kappa shape index (κ2) is 11.3. The summed E-state index contributed by atoms with van der Waals surface area (Å²) in [5.74, 6) is 0. The molecule has 0 aromatic heterocycles. The normalized spacial score (nSPS) is 13.8. The molecule has 0 bridgehead atoms. The molecule has 0 radical (unpaired) electrons. The molecule has 0 aliphatic carbocycles. The molecule has 0 saturated heterocycles. The van der Waals surface area contributed by atoms with Gasteiger partial charge in [0.05, 0.1) is 16.7 Å². The van der Waals surface area contributed by atoms with Crippen LogP contribution in [0.1, 0.15) is 11.0 Å². The fourth-order valence-corrected chi connectivity index (χ4v) is 6.51. The van der Waals surface area contributed by atoms with Crippen molar-refractivity contribution in [3.8, 4) is 22.3 Å². The summed E-state index contributed by atoms with van der Waals surface area (Å²) in [6, 6.07) is 41.1. The van der Waals surface area contributed by atoms with E-state index in [9.17, 15) is 8.22 Å². The van der Waals surface area contributed by atoms with Gasteiger partial charge in [-0.05, 0) is 96.3 Å². The first-order chi connectivity index (χ1) is 26.7. The van der Waals surface area contributed by atoms with E-state index in [-0.39, 0.29) is 58.8 Å². The predicted octanol–water partition coefficient (Wildman–Crippen LogP) is 13.1. The van der Waals surface area contributed by atoms with Gasteiger partial charge in [-0.15, -0.1) is 0 Å². The molecule has 0 N–H and O–H groups in total. The minimum atomic E-state index is -0.436. The van der Waals surface area contributed by atoms with E-state index in [1.807, 2.05) is 121 Å². The molecule has 1 heteroatoms. The zero-order valence-corrected chi connectivity index (χ0v) is 25.2. The van der Waals surface area contributed by atoms with Crippen LogP contribution >= 0.6 is 0 Å². The highest BCUT2D eigenvalue weighted by molar-refractivity contribution is 6.08. The Bertz CT molecular complexity index is 3010. The molecule has 0 saturated carbocycles. The van der Waals surface area contributed by atoms with Gasteiger partial charge in [0.2, 0.25) is 0 Å². The number of rotatable bonds is 5. The maximum Gasteiger partial charge on any atom is 0.0651 e. The third-order valence-corrected chi connectivity index (χ3v) is 8.77. The van der Waals surface area contributed by atoms with Gasteiger partial charge in [-0.3, -0.25) is 0 Å². The number of hydrogen-bond acceptors (Lipinski definition) is 1. The lowest BCUT2D eigenvalue weighted by Gasteiger charge is -2.27. The maximum absolute atomic E-state index is 9.75. The van der Waals surface area contributed by atoms with E-state index in [2.05, 4.69) is 0 Å². The lowest BCUT2D eigenvalue weighted by atomic mass is 9.97. The van der Waals surface area contributed by atoms with Crippen molar-refractivity contribution in [2.75, 3.05) is 4.90 Å². The van der Waals surface area contributed by atoms with E-state index < -0.39 is 12.1 Å². The maximum atomic E-state index is 9.75. The fourth-order valence-electron chi connectivity index (χ4n) is 6.51. The van der Waals surface area contributed by atoms with Gasteiger partial charge in [0.25, 0.3) is 0 Å². The highest BCUT2D eigenvalue weighted by Crippen LogP contribution is 2.41. The first kappa shape index (κ1) is 20.0. The molecule has 9 rings (SSSR count). The third-order valence-electron chi connectivity index (χ3n) is 8.77. The second-order valence-electron chi connectivity index (χ2n) is 11.5. The summed E-state index contributed by atoms with van der Waals surface area (Å²) in [5, 5.41) is 7.20. The van der Waals surface area contributed by atoms with Crippen molar-refractivity contribution >= 4 is 60.2 Å². The van der Waals surface area contributed by atoms with Crippen molar-refractivity contribution in [1.29, 1.82) is 0 Å². The average Bonchev–Trinajstić information content (AvgIpc) is 3.21. The summed E-state index contributed by atoms with van der Waals surface area (Å²) in [4.78, 5) is 1.43. The average molecular weight is 606 g/mol. The molecule has 220 valence electrons. The van der Waals surface area contributed by atoms with E-state index in [0.717, 1.165) is 37.7 Å². The van der Waals surface area contributed by atoms with Gasteiger partial charge >= 0.3 is 0 Å². The Balaban J connectivity index is 1.34. The molecule has 0 fully saturated rings. The molecule has 0 amide bonds. The Kier molecular flexibility index (Phi) is 4.83. The van der Waals surface area contributed by atoms with Crippen LogP contribution in [0.5, 0.6) is 0 Å². The molecule has 1 nitrogen and oxygen atoms in total. The molecule has 0 unspecified atom stereocenters. The molecular weight excluding hydrogens is 567 g/mol. The van der Waals surface area contributed by atoms with Gasteiger partial charge < -0.3 is 4.90 Å². The number of benzene rings is 9.